The Morgan fingerprint density at radius 3 is 2.19 bits per heavy atom. The van der Waals surface area contributed by atoms with Crippen LogP contribution in [0.2, 0.25) is 0 Å². The van der Waals surface area contributed by atoms with Crippen molar-refractivity contribution in [2.75, 3.05) is 45.2 Å². The second-order valence-electron chi connectivity index (χ2n) is 12.3. The van der Waals surface area contributed by atoms with E-state index in [4.69, 9.17) is 0 Å². The van der Waals surface area contributed by atoms with Gasteiger partial charge in [0.25, 0.3) is 0 Å². The summed E-state index contributed by atoms with van der Waals surface area (Å²) < 4.78 is 23.7. The summed E-state index contributed by atoms with van der Waals surface area (Å²) in [5.41, 5.74) is 0.194. The summed E-state index contributed by atoms with van der Waals surface area (Å²) in [6, 6.07) is 10.9. The highest BCUT2D eigenvalue weighted by atomic mass is 32.2. The van der Waals surface area contributed by atoms with E-state index in [9.17, 15) is 18.3 Å². The SMILES string of the molecule is CN(C)C1(c2ccccc2)CCC2(CC1)CN(CCC1(O)CCS(=O)(=O)CC1)C(=O)N2CC1CCC1. The van der Waals surface area contributed by atoms with E-state index < -0.39 is 15.4 Å². The van der Waals surface area contributed by atoms with Crippen molar-refractivity contribution in [3.05, 3.63) is 35.9 Å². The Labute approximate surface area is 216 Å². The minimum absolute atomic E-state index is 0.0200. The maximum absolute atomic E-state index is 13.8. The van der Waals surface area contributed by atoms with Crippen LogP contribution >= 0.6 is 0 Å². The Balaban J connectivity index is 1.32. The second-order valence-corrected chi connectivity index (χ2v) is 14.6. The third-order valence-electron chi connectivity index (χ3n) is 10.0. The lowest BCUT2D eigenvalue weighted by Crippen LogP contribution is -2.56. The molecule has 200 valence electrons. The standard InChI is InChI=1S/C28H43N3O4S/c1-29(2)28(24-9-4-3-5-10-24)13-11-26(12-14-28)22-30(25(32)31(26)21-23-7-6-8-23)18-15-27(33)16-19-36(34,35)20-17-27/h3-5,9-10,23,33H,6-8,11-22H2,1-2H3. The molecule has 8 heteroatoms. The van der Waals surface area contributed by atoms with Crippen LogP contribution in [0.1, 0.15) is 69.8 Å². The van der Waals surface area contributed by atoms with Crippen molar-refractivity contribution in [3.63, 3.8) is 0 Å². The molecule has 1 aromatic carbocycles. The van der Waals surface area contributed by atoms with Gasteiger partial charge in [0.15, 0.2) is 9.84 Å². The van der Waals surface area contributed by atoms with E-state index in [-0.39, 0.29) is 41.5 Å². The van der Waals surface area contributed by atoms with Crippen molar-refractivity contribution in [2.24, 2.45) is 5.92 Å². The molecule has 4 fully saturated rings. The van der Waals surface area contributed by atoms with E-state index in [1.54, 1.807) is 0 Å². The monoisotopic (exact) mass is 517 g/mol. The summed E-state index contributed by atoms with van der Waals surface area (Å²) in [5, 5.41) is 11.0. The number of sulfone groups is 1. The molecule has 2 amide bonds. The van der Waals surface area contributed by atoms with Gasteiger partial charge in [-0.25, -0.2) is 13.2 Å². The normalized spacial score (nSPS) is 29.6. The van der Waals surface area contributed by atoms with Crippen LogP contribution in [0.4, 0.5) is 4.79 Å². The molecule has 1 spiro atoms. The third-order valence-corrected chi connectivity index (χ3v) is 11.7. The van der Waals surface area contributed by atoms with E-state index in [1.165, 1.54) is 24.8 Å². The smallest absolute Gasteiger partial charge is 0.320 e. The zero-order valence-electron chi connectivity index (χ0n) is 22.0. The molecular formula is C28H43N3O4S. The number of carbonyl (C=O) groups excluding carboxylic acids is 1. The van der Waals surface area contributed by atoms with Crippen LogP contribution in [0.5, 0.6) is 0 Å². The minimum atomic E-state index is -3.04. The number of hydrogen-bond donors (Lipinski definition) is 1. The molecule has 0 bridgehead atoms. The first-order chi connectivity index (χ1) is 17.1. The van der Waals surface area contributed by atoms with E-state index in [0.29, 0.717) is 25.4 Å². The van der Waals surface area contributed by atoms with Crippen molar-refractivity contribution in [1.82, 2.24) is 14.7 Å². The fourth-order valence-electron chi connectivity index (χ4n) is 7.07. The Kier molecular flexibility index (Phi) is 6.92. The molecule has 2 saturated carbocycles. The highest BCUT2D eigenvalue weighted by molar-refractivity contribution is 7.91. The van der Waals surface area contributed by atoms with Gasteiger partial charge in [-0.2, -0.15) is 0 Å². The summed E-state index contributed by atoms with van der Waals surface area (Å²) in [5.74, 6) is 0.691. The molecule has 2 aliphatic heterocycles. The molecule has 0 atom stereocenters. The lowest BCUT2D eigenvalue weighted by atomic mass is 9.68. The van der Waals surface area contributed by atoms with Gasteiger partial charge >= 0.3 is 6.03 Å². The van der Waals surface area contributed by atoms with E-state index >= 15 is 0 Å². The first kappa shape index (κ1) is 26.0. The molecule has 0 aromatic heterocycles. The van der Waals surface area contributed by atoms with Crippen LogP contribution in [0.25, 0.3) is 0 Å². The Hall–Kier alpha value is -1.64. The summed E-state index contributed by atoms with van der Waals surface area (Å²) in [6.07, 6.45) is 8.63. The average molecular weight is 518 g/mol. The number of aliphatic hydroxyl groups is 1. The highest BCUT2D eigenvalue weighted by Gasteiger charge is 2.55. The van der Waals surface area contributed by atoms with Gasteiger partial charge in [-0.15, -0.1) is 0 Å². The van der Waals surface area contributed by atoms with Crippen LogP contribution in [0.3, 0.4) is 0 Å². The van der Waals surface area contributed by atoms with Gasteiger partial charge in [0.2, 0.25) is 0 Å². The summed E-state index contributed by atoms with van der Waals surface area (Å²) >= 11 is 0. The number of hydrogen-bond acceptors (Lipinski definition) is 5. The zero-order valence-corrected chi connectivity index (χ0v) is 22.8. The molecule has 1 N–H and O–H groups in total. The minimum Gasteiger partial charge on any atom is -0.390 e. The maximum Gasteiger partial charge on any atom is 0.320 e. The van der Waals surface area contributed by atoms with Gasteiger partial charge in [-0.3, -0.25) is 4.90 Å². The largest absolute Gasteiger partial charge is 0.390 e. The van der Waals surface area contributed by atoms with Crippen LogP contribution in [0.15, 0.2) is 30.3 Å². The quantitative estimate of drug-likeness (QED) is 0.598. The van der Waals surface area contributed by atoms with Gasteiger partial charge in [0.1, 0.15) is 0 Å². The maximum atomic E-state index is 13.8. The molecule has 4 aliphatic rings. The van der Waals surface area contributed by atoms with Gasteiger partial charge in [0.05, 0.1) is 22.6 Å². The molecule has 0 radical (unpaired) electrons. The van der Waals surface area contributed by atoms with E-state index in [0.717, 1.165) is 32.2 Å². The van der Waals surface area contributed by atoms with Gasteiger partial charge in [-0.1, -0.05) is 36.8 Å². The van der Waals surface area contributed by atoms with Crippen LogP contribution < -0.4 is 0 Å². The molecule has 1 aromatic rings. The predicted octanol–water partition coefficient (Wildman–Crippen LogP) is 3.62. The van der Waals surface area contributed by atoms with Crippen molar-refractivity contribution >= 4 is 15.9 Å². The Bertz CT molecular complexity index is 1030. The molecule has 7 nitrogen and oxygen atoms in total. The third kappa shape index (κ3) is 4.81. The van der Waals surface area contributed by atoms with Crippen LogP contribution in [0, 0.1) is 5.92 Å². The topological polar surface area (TPSA) is 81.2 Å². The number of urea groups is 1. The Morgan fingerprint density at radius 1 is 1.00 bits per heavy atom. The first-order valence-corrected chi connectivity index (χ1v) is 15.6. The van der Waals surface area contributed by atoms with Gasteiger partial charge in [0, 0.05) is 25.2 Å². The number of rotatable bonds is 7. The number of benzene rings is 1. The molecule has 2 saturated heterocycles. The molecular weight excluding hydrogens is 474 g/mol. The number of carbonyl (C=O) groups is 1. The van der Waals surface area contributed by atoms with Crippen LogP contribution in [-0.2, 0) is 15.4 Å². The summed E-state index contributed by atoms with van der Waals surface area (Å²) in [7, 11) is 1.31. The van der Waals surface area contributed by atoms with Crippen molar-refractivity contribution < 1.29 is 18.3 Å². The summed E-state index contributed by atoms with van der Waals surface area (Å²) in [4.78, 5) is 20.3. The van der Waals surface area contributed by atoms with E-state index in [1.807, 2.05) is 4.90 Å². The lowest BCUT2D eigenvalue weighted by Gasteiger charge is -2.51. The van der Waals surface area contributed by atoms with Crippen molar-refractivity contribution in [3.8, 4) is 0 Å². The highest BCUT2D eigenvalue weighted by Crippen LogP contribution is 2.49. The molecule has 5 rings (SSSR count). The second kappa shape index (κ2) is 9.59. The average Bonchev–Trinajstić information content (AvgIpc) is 3.09. The molecule has 2 aliphatic carbocycles. The molecule has 36 heavy (non-hydrogen) atoms. The zero-order chi connectivity index (χ0) is 25.6. The molecule has 2 heterocycles. The fourth-order valence-corrected chi connectivity index (χ4v) is 8.66. The number of nitrogens with zero attached hydrogens (tertiary/aromatic N) is 3. The van der Waals surface area contributed by atoms with Crippen molar-refractivity contribution in [1.29, 1.82) is 0 Å². The van der Waals surface area contributed by atoms with Crippen molar-refractivity contribution in [2.45, 2.75) is 80.9 Å². The lowest BCUT2D eigenvalue weighted by molar-refractivity contribution is 0.0109. The first-order valence-electron chi connectivity index (χ1n) is 13.8. The molecule has 0 unspecified atom stereocenters. The summed E-state index contributed by atoms with van der Waals surface area (Å²) in [6.45, 7) is 2.05. The van der Waals surface area contributed by atoms with E-state index in [2.05, 4.69) is 54.2 Å². The fraction of sp³-hybridized carbons (Fsp3) is 0.750. The van der Waals surface area contributed by atoms with Crippen LogP contribution in [-0.4, -0.2) is 90.6 Å². The van der Waals surface area contributed by atoms with Gasteiger partial charge in [-0.05, 0) is 83.4 Å². The van der Waals surface area contributed by atoms with Gasteiger partial charge < -0.3 is 14.9 Å². The predicted molar refractivity (Wildman–Crippen MR) is 141 cm³/mol. The Morgan fingerprint density at radius 2 is 1.64 bits per heavy atom. The number of amides is 2.